The van der Waals surface area contributed by atoms with Gasteiger partial charge in [0.1, 0.15) is 0 Å². The number of nitrogens with zero attached hydrogens (tertiary/aromatic N) is 1. The zero-order chi connectivity index (χ0) is 13.1. The monoisotopic (exact) mass is 245 g/mol. The van der Waals surface area contributed by atoms with Crippen LogP contribution in [0.2, 0.25) is 0 Å². The Morgan fingerprint density at radius 1 is 1.29 bits per heavy atom. The van der Waals surface area contributed by atoms with Crippen molar-refractivity contribution in [1.82, 2.24) is 15.5 Å². The summed E-state index contributed by atoms with van der Waals surface area (Å²) in [6.07, 6.45) is 0. The van der Waals surface area contributed by atoms with Crippen LogP contribution in [0.15, 0.2) is 0 Å². The SMILES string of the molecule is CC(C)CNC(=O)CNCCOCCN(C)C. The fourth-order valence-corrected chi connectivity index (χ4v) is 1.08. The maximum absolute atomic E-state index is 11.3. The van der Waals surface area contributed by atoms with E-state index in [9.17, 15) is 4.79 Å². The Morgan fingerprint density at radius 2 is 2.00 bits per heavy atom. The molecule has 102 valence electrons. The van der Waals surface area contributed by atoms with E-state index in [2.05, 4.69) is 29.4 Å². The van der Waals surface area contributed by atoms with Crippen molar-refractivity contribution in [2.75, 3.05) is 53.5 Å². The van der Waals surface area contributed by atoms with Crippen LogP contribution in [-0.2, 0) is 9.53 Å². The topological polar surface area (TPSA) is 53.6 Å². The first-order valence-corrected chi connectivity index (χ1v) is 6.22. The van der Waals surface area contributed by atoms with Gasteiger partial charge in [-0.2, -0.15) is 0 Å². The van der Waals surface area contributed by atoms with Crippen molar-refractivity contribution in [1.29, 1.82) is 0 Å². The molecule has 0 spiro atoms. The second-order valence-electron chi connectivity index (χ2n) is 4.79. The van der Waals surface area contributed by atoms with E-state index in [1.54, 1.807) is 0 Å². The smallest absolute Gasteiger partial charge is 0.233 e. The standard InChI is InChI=1S/C12H27N3O2/c1-11(2)9-14-12(16)10-13-5-7-17-8-6-15(3)4/h11,13H,5-10H2,1-4H3,(H,14,16). The Bertz CT molecular complexity index is 196. The number of hydrogen-bond acceptors (Lipinski definition) is 4. The molecule has 17 heavy (non-hydrogen) atoms. The zero-order valence-corrected chi connectivity index (χ0v) is 11.6. The molecule has 0 aromatic heterocycles. The predicted molar refractivity (Wildman–Crippen MR) is 70.1 cm³/mol. The minimum absolute atomic E-state index is 0.0481. The average molecular weight is 245 g/mol. The maximum atomic E-state index is 11.3. The molecule has 5 heteroatoms. The minimum Gasteiger partial charge on any atom is -0.379 e. The molecule has 0 atom stereocenters. The summed E-state index contributed by atoms with van der Waals surface area (Å²) >= 11 is 0. The van der Waals surface area contributed by atoms with Crippen LogP contribution in [0.5, 0.6) is 0 Å². The Kier molecular flexibility index (Phi) is 10.1. The van der Waals surface area contributed by atoms with Gasteiger partial charge >= 0.3 is 0 Å². The van der Waals surface area contributed by atoms with Crippen molar-refractivity contribution in [2.24, 2.45) is 5.92 Å². The Labute approximate surface area is 105 Å². The van der Waals surface area contributed by atoms with Gasteiger partial charge in [-0.25, -0.2) is 0 Å². The number of hydrogen-bond donors (Lipinski definition) is 2. The third kappa shape index (κ3) is 13.3. The summed E-state index contributed by atoms with van der Waals surface area (Å²) in [4.78, 5) is 13.4. The summed E-state index contributed by atoms with van der Waals surface area (Å²) in [7, 11) is 4.03. The van der Waals surface area contributed by atoms with Gasteiger partial charge in [-0.05, 0) is 20.0 Å². The normalized spacial score (nSPS) is 11.2. The summed E-state index contributed by atoms with van der Waals surface area (Å²) in [6.45, 7) is 8.26. The zero-order valence-electron chi connectivity index (χ0n) is 11.6. The van der Waals surface area contributed by atoms with Gasteiger partial charge in [0.25, 0.3) is 0 Å². The molecule has 0 radical (unpaired) electrons. The van der Waals surface area contributed by atoms with Gasteiger partial charge in [0.2, 0.25) is 5.91 Å². The molecule has 1 amide bonds. The molecule has 0 saturated carbocycles. The van der Waals surface area contributed by atoms with E-state index >= 15 is 0 Å². The Hall–Kier alpha value is -0.650. The van der Waals surface area contributed by atoms with Crippen molar-refractivity contribution >= 4 is 5.91 Å². The van der Waals surface area contributed by atoms with Crippen LogP contribution in [-0.4, -0.2) is 64.3 Å². The molecule has 0 unspecified atom stereocenters. The molecule has 0 fully saturated rings. The molecule has 0 aliphatic rings. The third-order valence-electron chi connectivity index (χ3n) is 2.10. The summed E-state index contributed by atoms with van der Waals surface area (Å²) in [5, 5.41) is 5.90. The first-order valence-electron chi connectivity index (χ1n) is 6.22. The van der Waals surface area contributed by atoms with E-state index in [0.29, 0.717) is 25.6 Å². The lowest BCUT2D eigenvalue weighted by molar-refractivity contribution is -0.120. The van der Waals surface area contributed by atoms with Crippen molar-refractivity contribution in [2.45, 2.75) is 13.8 Å². The summed E-state index contributed by atoms with van der Waals surface area (Å²) in [5.41, 5.74) is 0. The van der Waals surface area contributed by atoms with Crippen LogP contribution >= 0.6 is 0 Å². The highest BCUT2D eigenvalue weighted by Crippen LogP contribution is 1.86. The molecule has 2 N–H and O–H groups in total. The number of likely N-dealkylation sites (N-methyl/N-ethyl adjacent to an activating group) is 1. The van der Waals surface area contributed by atoms with E-state index in [0.717, 1.165) is 19.7 Å². The highest BCUT2D eigenvalue weighted by Gasteiger charge is 2.00. The van der Waals surface area contributed by atoms with E-state index in [-0.39, 0.29) is 5.91 Å². The molecule has 0 rings (SSSR count). The molecule has 0 aromatic carbocycles. The van der Waals surface area contributed by atoms with Crippen LogP contribution in [0.1, 0.15) is 13.8 Å². The quantitative estimate of drug-likeness (QED) is 0.529. The molecule has 0 heterocycles. The van der Waals surface area contributed by atoms with E-state index in [1.807, 2.05) is 14.1 Å². The minimum atomic E-state index is 0.0481. The number of nitrogens with one attached hydrogen (secondary N) is 2. The first-order chi connectivity index (χ1) is 8.02. The first kappa shape index (κ1) is 16.4. The lowest BCUT2D eigenvalue weighted by Gasteiger charge is -2.10. The van der Waals surface area contributed by atoms with Crippen molar-refractivity contribution in [3.05, 3.63) is 0 Å². The molecular formula is C12H27N3O2. The van der Waals surface area contributed by atoms with Crippen LogP contribution in [0.4, 0.5) is 0 Å². The van der Waals surface area contributed by atoms with Crippen LogP contribution in [0, 0.1) is 5.92 Å². The van der Waals surface area contributed by atoms with Gasteiger partial charge in [-0.15, -0.1) is 0 Å². The van der Waals surface area contributed by atoms with Gasteiger partial charge < -0.3 is 20.3 Å². The summed E-state index contributed by atoms with van der Waals surface area (Å²) in [5.74, 6) is 0.542. The third-order valence-corrected chi connectivity index (χ3v) is 2.10. The second-order valence-corrected chi connectivity index (χ2v) is 4.79. The average Bonchev–Trinajstić information content (AvgIpc) is 2.24. The lowest BCUT2D eigenvalue weighted by Crippen LogP contribution is -2.37. The maximum Gasteiger partial charge on any atom is 0.233 e. The predicted octanol–water partition coefficient (Wildman–Crippen LogP) is -0.0736. The molecule has 0 aliphatic carbocycles. The lowest BCUT2D eigenvalue weighted by atomic mass is 10.2. The van der Waals surface area contributed by atoms with Crippen LogP contribution in [0.3, 0.4) is 0 Å². The largest absolute Gasteiger partial charge is 0.379 e. The molecule has 0 aliphatic heterocycles. The Balaban J connectivity index is 3.19. The van der Waals surface area contributed by atoms with Crippen LogP contribution in [0.25, 0.3) is 0 Å². The number of rotatable bonds is 10. The van der Waals surface area contributed by atoms with E-state index < -0.39 is 0 Å². The van der Waals surface area contributed by atoms with Gasteiger partial charge in [-0.3, -0.25) is 4.79 Å². The van der Waals surface area contributed by atoms with Crippen molar-refractivity contribution in [3.63, 3.8) is 0 Å². The molecule has 5 nitrogen and oxygen atoms in total. The number of carbonyl (C=O) groups is 1. The summed E-state index contributed by atoms with van der Waals surface area (Å²) in [6, 6.07) is 0. The Morgan fingerprint density at radius 3 is 2.59 bits per heavy atom. The van der Waals surface area contributed by atoms with Gasteiger partial charge in [0.15, 0.2) is 0 Å². The summed E-state index contributed by atoms with van der Waals surface area (Å²) < 4.78 is 5.39. The number of carbonyl (C=O) groups excluding carboxylic acids is 1. The van der Waals surface area contributed by atoms with E-state index in [4.69, 9.17) is 4.74 Å². The van der Waals surface area contributed by atoms with Crippen molar-refractivity contribution in [3.8, 4) is 0 Å². The molecule has 0 aromatic rings. The van der Waals surface area contributed by atoms with Crippen molar-refractivity contribution < 1.29 is 9.53 Å². The highest BCUT2D eigenvalue weighted by atomic mass is 16.5. The fourth-order valence-electron chi connectivity index (χ4n) is 1.08. The van der Waals surface area contributed by atoms with Gasteiger partial charge in [-0.1, -0.05) is 13.8 Å². The van der Waals surface area contributed by atoms with Crippen LogP contribution < -0.4 is 10.6 Å². The number of amides is 1. The van der Waals surface area contributed by atoms with Gasteiger partial charge in [0, 0.05) is 19.6 Å². The van der Waals surface area contributed by atoms with Gasteiger partial charge in [0.05, 0.1) is 19.8 Å². The fraction of sp³-hybridized carbons (Fsp3) is 0.917. The van der Waals surface area contributed by atoms with E-state index in [1.165, 1.54) is 0 Å². The second kappa shape index (κ2) is 10.5. The molecule has 0 saturated heterocycles. The molecule has 0 bridgehead atoms. The highest BCUT2D eigenvalue weighted by molar-refractivity contribution is 5.77. The molecular weight excluding hydrogens is 218 g/mol. The number of ether oxygens (including phenoxy) is 1.